The van der Waals surface area contributed by atoms with E-state index in [0.29, 0.717) is 13.0 Å². The molecule has 1 rings (SSSR count). The van der Waals surface area contributed by atoms with Crippen LogP contribution in [0, 0.1) is 0 Å². The number of hydrogen-bond acceptors (Lipinski definition) is 3. The summed E-state index contributed by atoms with van der Waals surface area (Å²) in [5.41, 5.74) is 0. The summed E-state index contributed by atoms with van der Waals surface area (Å²) in [6, 6.07) is 0. The molecule has 0 bridgehead atoms. The minimum absolute atomic E-state index is 0. The van der Waals surface area contributed by atoms with Gasteiger partial charge in [0, 0.05) is 0 Å². The summed E-state index contributed by atoms with van der Waals surface area (Å²) in [5.74, 6) is 0. The van der Waals surface area contributed by atoms with E-state index in [0.717, 1.165) is 3.88 Å². The molecule has 0 atom stereocenters. The normalized spacial score (nSPS) is 16.8. The Morgan fingerprint density at radius 1 is 1.37 bits per heavy atom. The molecule has 0 N–H and O–H groups in total. The quantitative estimate of drug-likeness (QED) is 0.684. The van der Waals surface area contributed by atoms with Crippen molar-refractivity contribution >= 4 is 40.8 Å². The maximum absolute atomic E-state index is 13.8. The number of halogens is 2. The van der Waals surface area contributed by atoms with Gasteiger partial charge in [-0.1, -0.05) is 0 Å². The van der Waals surface area contributed by atoms with E-state index in [2.05, 4.69) is 0 Å². The summed E-state index contributed by atoms with van der Waals surface area (Å²) in [6.07, 6.45) is 6.51. The minimum atomic E-state index is -5.17. The van der Waals surface area contributed by atoms with E-state index < -0.39 is 21.8 Å². The van der Waals surface area contributed by atoms with E-state index in [1.165, 1.54) is 7.63 Å². The van der Waals surface area contributed by atoms with Gasteiger partial charge in [-0.25, -0.2) is 0 Å². The Morgan fingerprint density at radius 2 is 1.89 bits per heavy atom. The fourth-order valence-corrected chi connectivity index (χ4v) is 25.1. The van der Waals surface area contributed by atoms with Gasteiger partial charge in [-0.2, -0.15) is 0 Å². The molecule has 0 aromatic rings. The second-order valence-corrected chi connectivity index (χ2v) is 28.6. The van der Waals surface area contributed by atoms with Crippen molar-refractivity contribution in [2.45, 2.75) is 38.2 Å². The van der Waals surface area contributed by atoms with Gasteiger partial charge in [0.15, 0.2) is 0 Å². The third kappa shape index (κ3) is 5.32. The van der Waals surface area contributed by atoms with Crippen LogP contribution in [0.3, 0.4) is 0 Å². The molecule has 0 amide bonds. The molecule has 0 spiro atoms. The summed E-state index contributed by atoms with van der Waals surface area (Å²) >= 11 is -5.17. The Morgan fingerprint density at radius 3 is 2.21 bits per heavy atom. The van der Waals surface area contributed by atoms with Crippen molar-refractivity contribution in [1.82, 2.24) is 0 Å². The van der Waals surface area contributed by atoms with E-state index >= 15 is 0 Å². The monoisotopic (exact) mass is 380 g/mol. The van der Waals surface area contributed by atoms with Gasteiger partial charge in [-0.05, 0) is 0 Å². The number of allylic oxidation sites excluding steroid dienone is 4. The molecule has 1 aliphatic carbocycles. The van der Waals surface area contributed by atoms with Crippen LogP contribution >= 0.6 is 24.8 Å². The van der Waals surface area contributed by atoms with Gasteiger partial charge in [0.05, 0.1) is 0 Å². The van der Waals surface area contributed by atoms with E-state index in [1.807, 2.05) is 44.8 Å². The zero-order valence-corrected chi connectivity index (χ0v) is 18.0. The molecule has 0 saturated carbocycles. The maximum Gasteiger partial charge on any atom is -0.147 e. The van der Waals surface area contributed by atoms with Crippen LogP contribution in [0.2, 0.25) is 24.9 Å². The first-order chi connectivity index (χ1) is 7.41. The van der Waals surface area contributed by atoms with Crippen molar-refractivity contribution in [2.24, 2.45) is 0 Å². The molecule has 0 aromatic carbocycles. The summed E-state index contributed by atoms with van der Waals surface area (Å²) in [5, 5.41) is 1.72. The zero-order chi connectivity index (χ0) is 13.4. The van der Waals surface area contributed by atoms with Gasteiger partial charge >= 0.3 is 106 Å². The molecule has 1 aliphatic rings. The molecule has 0 aromatic heterocycles. The van der Waals surface area contributed by atoms with E-state index in [-0.39, 0.29) is 24.8 Å². The van der Waals surface area contributed by atoms with Crippen LogP contribution in [-0.4, -0.2) is 22.6 Å². The fraction of sp³-hybridized carbons (Fsp3) is 0.636. The summed E-state index contributed by atoms with van der Waals surface area (Å²) in [6.45, 7) is 8.43. The summed E-state index contributed by atoms with van der Waals surface area (Å²) in [7, 11) is -0.504. The molecular weight excluding hydrogens is 355 g/mol. The Hall–Kier alpha value is 0.928. The van der Waals surface area contributed by atoms with Crippen molar-refractivity contribution in [3.8, 4) is 0 Å². The first-order valence-corrected chi connectivity index (χ1v) is 17.8. The average Bonchev–Trinajstić information content (AvgIpc) is 2.49. The van der Waals surface area contributed by atoms with Crippen LogP contribution in [0.4, 0.5) is 0 Å². The predicted molar refractivity (Wildman–Crippen MR) is 87.5 cm³/mol. The molecule has 0 heterocycles. The number of hydrogen-bond donors (Lipinski definition) is 0. The Labute approximate surface area is 130 Å². The second-order valence-electron chi connectivity index (χ2n) is 6.35. The number of rotatable bonds is 5. The first kappa shape index (κ1) is 22.2. The van der Waals surface area contributed by atoms with E-state index in [1.54, 1.807) is 5.23 Å². The molecule has 0 radical (unpaired) electrons. The molecule has 0 fully saturated rings. The third-order valence-electron chi connectivity index (χ3n) is 2.91. The van der Waals surface area contributed by atoms with Crippen LogP contribution < -0.4 is 0 Å². The van der Waals surface area contributed by atoms with Crippen molar-refractivity contribution in [2.75, 3.05) is 6.61 Å². The Bertz CT molecular complexity index is 551. The summed E-state index contributed by atoms with van der Waals surface area (Å²) in [4.78, 5) is 0. The topological polar surface area (TPSA) is 35.5 Å². The maximum atomic E-state index is 13.8. The van der Waals surface area contributed by atoms with Gasteiger partial charge in [0.25, 0.3) is 0 Å². The van der Waals surface area contributed by atoms with Gasteiger partial charge in [-0.3, -0.25) is 0 Å². The smallest absolute Gasteiger partial charge is 0.147 e. The molecule has 3 nitrogen and oxygen atoms in total. The molecule has 8 heteroatoms. The first-order valence-electron chi connectivity index (χ1n) is 6.13. The molecule has 0 aliphatic heterocycles. The van der Waals surface area contributed by atoms with Crippen LogP contribution in [-0.2, 0) is 23.2 Å². The van der Waals surface area contributed by atoms with Crippen molar-refractivity contribution < 1.29 is 23.2 Å². The van der Waals surface area contributed by atoms with Crippen molar-refractivity contribution in [3.63, 3.8) is 0 Å². The van der Waals surface area contributed by atoms with E-state index in [9.17, 15) is 3.32 Å². The SMILES string of the molecule is CC[O][Ti]([CH3])(=[O])(=[SiH2])([O][Si](C)(C)C)[C]1=CC=CC1.Cl.Cl. The largest absolute Gasteiger partial charge is 0.147 e. The molecule has 0 saturated heterocycles. The molecular formula is C11H26Cl2O3Si2Ti. The van der Waals surface area contributed by atoms with Crippen LogP contribution in [0.15, 0.2) is 22.1 Å². The standard InChI is InChI=1S/C5H5.C3H9OSi.C2H5O.CH3.2ClH.O.H2Si.Ti/c1-2-4-5-3-1;1-5(2,3)4;1-2-3;;;;;;/h1-3H,4H2;1-3H3;2H2,1H3;1H3;2*1H;;1H2;/q;2*-1;;;;;;+2. The predicted octanol–water partition coefficient (Wildman–Crippen LogP) is 3.56. The Balaban J connectivity index is 0. The Kier molecular flexibility index (Phi) is 6.98. The van der Waals surface area contributed by atoms with Crippen LogP contribution in [0.5, 0.6) is 0 Å². The molecule has 19 heavy (non-hydrogen) atoms. The van der Waals surface area contributed by atoms with Crippen LogP contribution in [0.1, 0.15) is 13.3 Å². The van der Waals surface area contributed by atoms with Gasteiger partial charge in [-0.15, -0.1) is 24.8 Å². The van der Waals surface area contributed by atoms with Crippen molar-refractivity contribution in [1.29, 1.82) is 0 Å². The fourth-order valence-electron chi connectivity index (χ4n) is 2.54. The van der Waals surface area contributed by atoms with Gasteiger partial charge in [0.2, 0.25) is 0 Å². The zero-order valence-electron chi connectivity index (χ0n) is 12.4. The third-order valence-corrected chi connectivity index (χ3v) is 19.7. The second kappa shape index (κ2) is 5.97. The molecule has 114 valence electrons. The van der Waals surface area contributed by atoms with Gasteiger partial charge in [0.1, 0.15) is 0 Å². The van der Waals surface area contributed by atoms with Gasteiger partial charge < -0.3 is 0 Å². The van der Waals surface area contributed by atoms with Crippen molar-refractivity contribution in [3.05, 3.63) is 22.1 Å². The summed E-state index contributed by atoms with van der Waals surface area (Å²) < 4.78 is 26.6. The average molecular weight is 381 g/mol. The minimum Gasteiger partial charge on any atom is -0.147 e. The van der Waals surface area contributed by atoms with E-state index in [4.69, 9.17) is 6.33 Å². The molecule has 0 unspecified atom stereocenters. The van der Waals surface area contributed by atoms with Crippen LogP contribution in [0.25, 0.3) is 0 Å².